The largest absolute Gasteiger partial charge is 0.389 e. The van der Waals surface area contributed by atoms with Crippen molar-refractivity contribution in [1.82, 2.24) is 5.32 Å². The first kappa shape index (κ1) is 15.4. The predicted octanol–water partition coefficient (Wildman–Crippen LogP) is 1.85. The first-order chi connectivity index (χ1) is 8.79. The minimum atomic E-state index is -0.935. The van der Waals surface area contributed by atoms with Crippen molar-refractivity contribution >= 4 is 11.7 Å². The molecule has 1 aromatic rings. The minimum absolute atomic E-state index is 0.0310. The van der Waals surface area contributed by atoms with Gasteiger partial charge in [-0.15, -0.1) is 0 Å². The zero-order valence-corrected chi connectivity index (χ0v) is 11.7. The molecule has 0 saturated heterocycles. The maximum absolute atomic E-state index is 11.9. The van der Waals surface area contributed by atoms with Gasteiger partial charge in [0.2, 0.25) is 5.91 Å². The monoisotopic (exact) mass is 263 g/mol. The standard InChI is InChI=1S/C15H21NO3/c1-11-6-4-5-7-12(11)13(17)8-9-14(18)16-10-15(2,3)19/h4-7,19H,8-10H2,1-3H3,(H,16,18). The zero-order chi connectivity index (χ0) is 14.5. The SMILES string of the molecule is Cc1ccccc1C(=O)CCC(=O)NCC(C)(C)O. The van der Waals surface area contributed by atoms with E-state index in [4.69, 9.17) is 0 Å². The second-order valence-electron chi connectivity index (χ2n) is 5.33. The van der Waals surface area contributed by atoms with Crippen LogP contribution < -0.4 is 5.32 Å². The van der Waals surface area contributed by atoms with Gasteiger partial charge in [-0.1, -0.05) is 24.3 Å². The molecule has 4 heteroatoms. The second kappa shape index (κ2) is 6.48. The molecule has 0 aliphatic rings. The molecule has 1 amide bonds. The summed E-state index contributed by atoms with van der Waals surface area (Å²) in [6.07, 6.45) is 0.325. The number of nitrogens with one attached hydrogen (secondary N) is 1. The predicted molar refractivity (Wildman–Crippen MR) is 74.1 cm³/mol. The molecule has 0 radical (unpaired) electrons. The number of carbonyl (C=O) groups is 2. The molecule has 0 bridgehead atoms. The molecular formula is C15H21NO3. The van der Waals surface area contributed by atoms with E-state index in [1.165, 1.54) is 0 Å². The number of Topliss-reactive ketones (excluding diaryl/α,β-unsaturated/α-hetero) is 1. The van der Waals surface area contributed by atoms with Gasteiger partial charge in [-0.25, -0.2) is 0 Å². The van der Waals surface area contributed by atoms with E-state index >= 15 is 0 Å². The van der Waals surface area contributed by atoms with E-state index in [0.717, 1.165) is 5.56 Å². The Labute approximate surface area is 113 Å². The lowest BCUT2D eigenvalue weighted by atomic mass is 10.0. The van der Waals surface area contributed by atoms with Gasteiger partial charge < -0.3 is 10.4 Å². The highest BCUT2D eigenvalue weighted by atomic mass is 16.3. The molecule has 0 saturated carbocycles. The fourth-order valence-electron chi connectivity index (χ4n) is 1.65. The summed E-state index contributed by atoms with van der Waals surface area (Å²) in [6, 6.07) is 7.34. The van der Waals surface area contributed by atoms with Gasteiger partial charge in [-0.3, -0.25) is 9.59 Å². The highest BCUT2D eigenvalue weighted by molar-refractivity contribution is 5.99. The van der Waals surface area contributed by atoms with Crippen molar-refractivity contribution < 1.29 is 14.7 Å². The van der Waals surface area contributed by atoms with Crippen LogP contribution in [0.3, 0.4) is 0 Å². The summed E-state index contributed by atoms with van der Waals surface area (Å²) in [4.78, 5) is 23.5. The third-order valence-electron chi connectivity index (χ3n) is 2.74. The number of ketones is 1. The van der Waals surface area contributed by atoms with Crippen LogP contribution in [0, 0.1) is 6.92 Å². The van der Waals surface area contributed by atoms with E-state index in [-0.39, 0.29) is 31.1 Å². The Kier molecular flexibility index (Phi) is 5.24. The maximum atomic E-state index is 11.9. The Morgan fingerprint density at radius 2 is 1.84 bits per heavy atom. The molecule has 0 aromatic heterocycles. The van der Waals surface area contributed by atoms with Crippen LogP contribution in [0.1, 0.15) is 42.6 Å². The second-order valence-corrected chi connectivity index (χ2v) is 5.33. The van der Waals surface area contributed by atoms with Gasteiger partial charge in [0, 0.05) is 24.9 Å². The van der Waals surface area contributed by atoms with Crippen molar-refractivity contribution in [3.05, 3.63) is 35.4 Å². The number of benzene rings is 1. The normalized spacial score (nSPS) is 11.2. The van der Waals surface area contributed by atoms with Crippen LogP contribution in [0.4, 0.5) is 0 Å². The molecule has 4 nitrogen and oxygen atoms in total. The van der Waals surface area contributed by atoms with Crippen LogP contribution >= 0.6 is 0 Å². The van der Waals surface area contributed by atoms with Gasteiger partial charge in [0.15, 0.2) is 5.78 Å². The van der Waals surface area contributed by atoms with E-state index in [9.17, 15) is 14.7 Å². The van der Waals surface area contributed by atoms with Crippen LogP contribution in [-0.2, 0) is 4.79 Å². The van der Waals surface area contributed by atoms with Crippen molar-refractivity contribution in [2.45, 2.75) is 39.2 Å². The van der Waals surface area contributed by atoms with Crippen LogP contribution in [-0.4, -0.2) is 28.9 Å². The Bertz CT molecular complexity index is 461. The lowest BCUT2D eigenvalue weighted by molar-refractivity contribution is -0.122. The molecule has 104 valence electrons. The number of aliphatic hydroxyl groups is 1. The Balaban J connectivity index is 2.43. The smallest absolute Gasteiger partial charge is 0.220 e. The van der Waals surface area contributed by atoms with Crippen LogP contribution in [0.15, 0.2) is 24.3 Å². The van der Waals surface area contributed by atoms with Crippen molar-refractivity contribution in [2.24, 2.45) is 0 Å². The number of rotatable bonds is 6. The molecule has 0 aliphatic heterocycles. The van der Waals surface area contributed by atoms with Gasteiger partial charge in [0.25, 0.3) is 0 Å². The highest BCUT2D eigenvalue weighted by Crippen LogP contribution is 2.11. The van der Waals surface area contributed by atoms with Gasteiger partial charge >= 0.3 is 0 Å². The molecule has 2 N–H and O–H groups in total. The lowest BCUT2D eigenvalue weighted by Gasteiger charge is -2.17. The molecule has 0 atom stereocenters. The number of aryl methyl sites for hydroxylation is 1. The lowest BCUT2D eigenvalue weighted by Crippen LogP contribution is -2.38. The quantitative estimate of drug-likeness (QED) is 0.770. The Morgan fingerprint density at radius 3 is 2.42 bits per heavy atom. The fourth-order valence-corrected chi connectivity index (χ4v) is 1.65. The van der Waals surface area contributed by atoms with Crippen LogP contribution in [0.5, 0.6) is 0 Å². The van der Waals surface area contributed by atoms with Crippen molar-refractivity contribution in [1.29, 1.82) is 0 Å². The number of amides is 1. The molecule has 0 heterocycles. The van der Waals surface area contributed by atoms with Gasteiger partial charge in [-0.2, -0.15) is 0 Å². The molecule has 0 fully saturated rings. The molecule has 1 rings (SSSR count). The molecule has 19 heavy (non-hydrogen) atoms. The summed E-state index contributed by atoms with van der Waals surface area (Å²) >= 11 is 0. The topological polar surface area (TPSA) is 66.4 Å². The molecule has 0 spiro atoms. The average molecular weight is 263 g/mol. The summed E-state index contributed by atoms with van der Waals surface area (Å²) < 4.78 is 0. The Morgan fingerprint density at radius 1 is 1.21 bits per heavy atom. The highest BCUT2D eigenvalue weighted by Gasteiger charge is 2.15. The third kappa shape index (κ3) is 5.66. The van der Waals surface area contributed by atoms with Crippen LogP contribution in [0.25, 0.3) is 0 Å². The van der Waals surface area contributed by atoms with E-state index in [0.29, 0.717) is 5.56 Å². The molecule has 0 unspecified atom stereocenters. The van der Waals surface area contributed by atoms with E-state index in [1.54, 1.807) is 19.9 Å². The average Bonchev–Trinajstić information content (AvgIpc) is 2.33. The van der Waals surface area contributed by atoms with Crippen molar-refractivity contribution in [3.8, 4) is 0 Å². The molecular weight excluding hydrogens is 242 g/mol. The van der Waals surface area contributed by atoms with E-state index < -0.39 is 5.60 Å². The fraction of sp³-hybridized carbons (Fsp3) is 0.467. The van der Waals surface area contributed by atoms with E-state index in [1.807, 2.05) is 25.1 Å². The summed E-state index contributed by atoms with van der Waals surface area (Å²) in [6.45, 7) is 5.30. The number of carbonyl (C=O) groups excluding carboxylic acids is 2. The Hall–Kier alpha value is -1.68. The third-order valence-corrected chi connectivity index (χ3v) is 2.74. The molecule has 0 aliphatic carbocycles. The maximum Gasteiger partial charge on any atom is 0.220 e. The minimum Gasteiger partial charge on any atom is -0.389 e. The zero-order valence-electron chi connectivity index (χ0n) is 11.7. The van der Waals surface area contributed by atoms with E-state index in [2.05, 4.69) is 5.32 Å². The van der Waals surface area contributed by atoms with Gasteiger partial charge in [0.05, 0.1) is 5.60 Å². The van der Waals surface area contributed by atoms with Gasteiger partial charge in [-0.05, 0) is 26.3 Å². The van der Waals surface area contributed by atoms with Crippen molar-refractivity contribution in [2.75, 3.05) is 6.54 Å². The summed E-state index contributed by atoms with van der Waals surface area (Å²) in [5, 5.41) is 12.1. The van der Waals surface area contributed by atoms with Crippen molar-refractivity contribution in [3.63, 3.8) is 0 Å². The summed E-state index contributed by atoms with van der Waals surface area (Å²) in [5.74, 6) is -0.249. The summed E-state index contributed by atoms with van der Waals surface area (Å²) in [5.41, 5.74) is 0.651. The number of hydrogen-bond donors (Lipinski definition) is 2. The first-order valence-electron chi connectivity index (χ1n) is 6.37. The summed E-state index contributed by atoms with van der Waals surface area (Å²) in [7, 11) is 0. The van der Waals surface area contributed by atoms with Gasteiger partial charge in [0.1, 0.15) is 0 Å². The molecule has 1 aromatic carbocycles. The number of hydrogen-bond acceptors (Lipinski definition) is 3. The van der Waals surface area contributed by atoms with Crippen LogP contribution in [0.2, 0.25) is 0 Å². The first-order valence-corrected chi connectivity index (χ1v) is 6.37.